The Morgan fingerprint density at radius 1 is 1.30 bits per heavy atom. The average molecular weight is 386 g/mol. The third kappa shape index (κ3) is 3.04. The zero-order valence-corrected chi connectivity index (χ0v) is 15.8. The number of thiazole rings is 1. The fraction of sp³-hybridized carbons (Fsp3) is 0.278. The van der Waals surface area contributed by atoms with Crippen molar-refractivity contribution in [2.75, 3.05) is 12.8 Å². The van der Waals surface area contributed by atoms with Gasteiger partial charge in [0.1, 0.15) is 0 Å². The van der Waals surface area contributed by atoms with E-state index in [1.165, 1.54) is 11.3 Å². The molecule has 0 radical (unpaired) electrons. The largest absolute Gasteiger partial charge is 0.515 e. The first kappa shape index (κ1) is 17.5. The van der Waals surface area contributed by atoms with E-state index in [1.54, 1.807) is 27.2 Å². The van der Waals surface area contributed by atoms with E-state index in [4.69, 9.17) is 19.9 Å². The van der Waals surface area contributed by atoms with E-state index < -0.39 is 6.16 Å². The molecule has 0 spiro atoms. The number of nitrogen functional groups attached to an aromatic ring is 1. The summed E-state index contributed by atoms with van der Waals surface area (Å²) >= 11 is 1.42. The van der Waals surface area contributed by atoms with Crippen LogP contribution in [0.4, 0.5) is 9.93 Å². The highest BCUT2D eigenvalue weighted by Gasteiger charge is 2.21. The lowest BCUT2D eigenvalue weighted by molar-refractivity contribution is 0.0705. The fourth-order valence-electron chi connectivity index (χ4n) is 3.09. The van der Waals surface area contributed by atoms with Crippen LogP contribution in [-0.4, -0.2) is 34.3 Å². The topological polar surface area (TPSA) is 112 Å². The number of aromatic nitrogens is 3. The molecule has 0 aliphatic rings. The van der Waals surface area contributed by atoms with Gasteiger partial charge in [-0.25, -0.2) is 14.8 Å². The number of hydrogen-bond donors (Lipinski definition) is 2. The number of nitrogens with two attached hydrogens (primary N) is 1. The third-order valence-electron chi connectivity index (χ3n) is 4.04. The van der Waals surface area contributed by atoms with Crippen LogP contribution in [0, 0.1) is 0 Å². The highest BCUT2D eigenvalue weighted by molar-refractivity contribution is 7.22. The first-order chi connectivity index (χ1) is 13.0. The van der Waals surface area contributed by atoms with Crippen molar-refractivity contribution in [3.63, 3.8) is 0 Å². The number of ether oxygens (including phenoxy) is 3. The normalized spacial score (nSPS) is 11.7. The van der Waals surface area contributed by atoms with Gasteiger partial charge in [0.2, 0.25) is 5.88 Å². The number of nitrogens with zero attached hydrogens (tertiary/aromatic N) is 2. The van der Waals surface area contributed by atoms with Gasteiger partial charge in [-0.15, -0.1) is 0 Å². The van der Waals surface area contributed by atoms with Gasteiger partial charge in [0.15, 0.2) is 5.13 Å². The van der Waals surface area contributed by atoms with Crippen molar-refractivity contribution in [3.05, 3.63) is 23.9 Å². The third-order valence-corrected chi connectivity index (χ3v) is 4.89. The number of carbonyl (C=O) groups excluding carboxylic acids is 1. The first-order valence-electron chi connectivity index (χ1n) is 8.33. The Labute approximate surface area is 158 Å². The van der Waals surface area contributed by atoms with Gasteiger partial charge in [-0.05, 0) is 26.0 Å². The Balaban J connectivity index is 1.98. The number of pyridine rings is 1. The summed E-state index contributed by atoms with van der Waals surface area (Å²) in [5.41, 5.74) is 9.02. The molecule has 3 heterocycles. The van der Waals surface area contributed by atoms with Gasteiger partial charge >= 0.3 is 6.16 Å². The predicted octanol–water partition coefficient (Wildman–Crippen LogP) is 3.98. The minimum atomic E-state index is -0.808. The second-order valence-electron chi connectivity index (χ2n) is 6.29. The van der Waals surface area contributed by atoms with Gasteiger partial charge in [0.05, 0.1) is 40.2 Å². The molecule has 4 rings (SSSR count). The number of nitrogens with one attached hydrogen (secondary N) is 1. The van der Waals surface area contributed by atoms with Crippen LogP contribution in [0.25, 0.3) is 32.0 Å². The highest BCUT2D eigenvalue weighted by atomic mass is 32.1. The lowest BCUT2D eigenvalue weighted by Gasteiger charge is -2.11. The van der Waals surface area contributed by atoms with Crippen molar-refractivity contribution in [2.45, 2.75) is 26.6 Å². The second kappa shape index (κ2) is 6.67. The number of benzene rings is 1. The molecule has 9 heteroatoms. The maximum absolute atomic E-state index is 12.0. The molecule has 140 valence electrons. The molecule has 0 aliphatic carbocycles. The Bertz CT molecular complexity index is 1160. The highest BCUT2D eigenvalue weighted by Crippen LogP contribution is 2.38. The van der Waals surface area contributed by atoms with Crippen LogP contribution >= 0.6 is 11.3 Å². The van der Waals surface area contributed by atoms with Crippen LogP contribution in [-0.2, 0) is 16.1 Å². The standard InChI is InChI=1S/C18H18N4O4S/c1-8(2)25-18(23)26-16-9(7-24-3)13-11(6-20-16)21-10-4-5-12-15(14(10)13)22-17(19)27-12/h4-6,8,21H,7H2,1-3H3,(H2,19,22). The number of anilines is 1. The molecule has 0 atom stereocenters. The summed E-state index contributed by atoms with van der Waals surface area (Å²) in [6.07, 6.45) is 0.517. The summed E-state index contributed by atoms with van der Waals surface area (Å²) in [4.78, 5) is 24.1. The van der Waals surface area contributed by atoms with Crippen LogP contribution < -0.4 is 10.5 Å². The van der Waals surface area contributed by atoms with E-state index >= 15 is 0 Å². The minimum Gasteiger partial charge on any atom is -0.431 e. The van der Waals surface area contributed by atoms with Crippen molar-refractivity contribution >= 4 is 54.6 Å². The van der Waals surface area contributed by atoms with Crippen molar-refractivity contribution in [1.29, 1.82) is 0 Å². The number of fused-ring (bicyclic) bond motifs is 5. The molecule has 0 saturated heterocycles. The van der Waals surface area contributed by atoms with Gasteiger partial charge in [-0.2, -0.15) is 0 Å². The number of aromatic amines is 1. The van der Waals surface area contributed by atoms with E-state index in [-0.39, 0.29) is 18.6 Å². The Hall–Kier alpha value is -2.91. The second-order valence-corrected chi connectivity index (χ2v) is 7.36. The molecule has 0 unspecified atom stereocenters. The minimum absolute atomic E-state index is 0.149. The molecule has 1 aromatic carbocycles. The predicted molar refractivity (Wildman–Crippen MR) is 104 cm³/mol. The molecule has 8 nitrogen and oxygen atoms in total. The maximum Gasteiger partial charge on any atom is 0.515 e. The summed E-state index contributed by atoms with van der Waals surface area (Å²) in [7, 11) is 1.57. The number of H-pyrrole nitrogens is 1. The Kier molecular flexibility index (Phi) is 4.33. The maximum atomic E-state index is 12.0. The fourth-order valence-corrected chi connectivity index (χ4v) is 3.83. The van der Waals surface area contributed by atoms with Crippen LogP contribution in [0.5, 0.6) is 5.88 Å². The van der Waals surface area contributed by atoms with E-state index in [0.717, 1.165) is 32.0 Å². The molecule has 4 aromatic rings. The van der Waals surface area contributed by atoms with Gasteiger partial charge in [-0.1, -0.05) is 11.3 Å². The SMILES string of the molecule is COCc1c(OC(=O)OC(C)C)ncc2[nH]c3ccc4sc(N)nc4c3c12. The Morgan fingerprint density at radius 3 is 2.85 bits per heavy atom. The summed E-state index contributed by atoms with van der Waals surface area (Å²) < 4.78 is 16.7. The number of methoxy groups -OCH3 is 1. The monoisotopic (exact) mass is 386 g/mol. The van der Waals surface area contributed by atoms with Crippen LogP contribution in [0.3, 0.4) is 0 Å². The van der Waals surface area contributed by atoms with Gasteiger partial charge < -0.3 is 24.9 Å². The zero-order valence-electron chi connectivity index (χ0n) is 15.0. The molecular weight excluding hydrogens is 368 g/mol. The Morgan fingerprint density at radius 2 is 2.11 bits per heavy atom. The van der Waals surface area contributed by atoms with E-state index in [1.807, 2.05) is 12.1 Å². The van der Waals surface area contributed by atoms with E-state index in [0.29, 0.717) is 10.7 Å². The molecule has 3 N–H and O–H groups in total. The van der Waals surface area contributed by atoms with Crippen molar-refractivity contribution in [2.24, 2.45) is 0 Å². The van der Waals surface area contributed by atoms with Crippen LogP contribution in [0.1, 0.15) is 19.4 Å². The summed E-state index contributed by atoms with van der Waals surface area (Å²) in [6, 6.07) is 3.95. The van der Waals surface area contributed by atoms with Crippen LogP contribution in [0.2, 0.25) is 0 Å². The molecule has 0 amide bonds. The molecule has 0 fully saturated rings. The lowest BCUT2D eigenvalue weighted by atomic mass is 10.1. The first-order valence-corrected chi connectivity index (χ1v) is 9.15. The van der Waals surface area contributed by atoms with Crippen molar-refractivity contribution < 1.29 is 19.0 Å². The van der Waals surface area contributed by atoms with Gasteiger partial charge in [0, 0.05) is 23.4 Å². The number of hydrogen-bond acceptors (Lipinski definition) is 8. The van der Waals surface area contributed by atoms with Gasteiger partial charge in [-0.3, -0.25) is 0 Å². The quantitative estimate of drug-likeness (QED) is 0.510. The molecule has 27 heavy (non-hydrogen) atoms. The average Bonchev–Trinajstić information content (AvgIpc) is 3.15. The van der Waals surface area contributed by atoms with Crippen LogP contribution in [0.15, 0.2) is 18.3 Å². The molecule has 0 bridgehead atoms. The van der Waals surface area contributed by atoms with Crippen molar-refractivity contribution in [1.82, 2.24) is 15.0 Å². The van der Waals surface area contributed by atoms with E-state index in [9.17, 15) is 4.79 Å². The number of rotatable bonds is 4. The molecular formula is C18H18N4O4S. The molecule has 0 saturated carbocycles. The molecule has 3 aromatic heterocycles. The zero-order chi connectivity index (χ0) is 19.1. The summed E-state index contributed by atoms with van der Waals surface area (Å²) in [6.45, 7) is 3.70. The van der Waals surface area contributed by atoms with Gasteiger partial charge in [0.25, 0.3) is 0 Å². The van der Waals surface area contributed by atoms with E-state index in [2.05, 4.69) is 15.0 Å². The lowest BCUT2D eigenvalue weighted by Crippen LogP contribution is -2.17. The summed E-state index contributed by atoms with van der Waals surface area (Å²) in [5, 5.41) is 2.23. The number of carbonyl (C=O) groups is 1. The van der Waals surface area contributed by atoms with Crippen molar-refractivity contribution in [3.8, 4) is 5.88 Å². The smallest absolute Gasteiger partial charge is 0.431 e. The molecule has 0 aliphatic heterocycles. The summed E-state index contributed by atoms with van der Waals surface area (Å²) in [5.74, 6) is 0.149.